The van der Waals surface area contributed by atoms with Crippen molar-refractivity contribution in [3.8, 4) is 17.2 Å². The number of carbonyl (C=O) groups is 2. The zero-order valence-electron chi connectivity index (χ0n) is 19.4. The van der Waals surface area contributed by atoms with Crippen LogP contribution in [0.25, 0.3) is 0 Å². The molecule has 1 saturated heterocycles. The number of rotatable bonds is 8. The van der Waals surface area contributed by atoms with E-state index in [4.69, 9.17) is 23.7 Å². The molecule has 10 heteroatoms. The summed E-state index contributed by atoms with van der Waals surface area (Å²) >= 11 is 0. The highest BCUT2D eigenvalue weighted by Gasteiger charge is 2.37. The number of hydrogen-bond donors (Lipinski definition) is 2. The minimum Gasteiger partial charge on any atom is -0.503 e. The third-order valence-electron chi connectivity index (χ3n) is 5.16. The van der Waals surface area contributed by atoms with Gasteiger partial charge >= 0.3 is 5.97 Å². The van der Waals surface area contributed by atoms with Crippen LogP contribution in [0.1, 0.15) is 30.8 Å². The number of aromatic hydroxyl groups is 1. The molecule has 10 nitrogen and oxygen atoms in total. The second-order valence-electron chi connectivity index (χ2n) is 7.72. The molecule has 1 fully saturated rings. The monoisotopic (exact) mass is 474 g/mol. The summed E-state index contributed by atoms with van der Waals surface area (Å²) in [5.74, 6) is -1.23. The molecule has 1 aromatic heterocycles. The number of ether oxygens (including phenoxy) is 5. The predicted molar refractivity (Wildman–Crippen MR) is 121 cm³/mol. The Morgan fingerprint density at radius 1 is 1.24 bits per heavy atom. The number of benzene rings is 1. The molecule has 1 amide bonds. The van der Waals surface area contributed by atoms with E-state index in [1.807, 2.05) is 25.1 Å². The van der Waals surface area contributed by atoms with Crippen molar-refractivity contribution >= 4 is 11.9 Å². The fraction of sp³-hybridized carbons (Fsp3) is 0.458. The summed E-state index contributed by atoms with van der Waals surface area (Å²) in [7, 11) is 1.35. The molecule has 1 aliphatic rings. The Morgan fingerprint density at radius 2 is 2.00 bits per heavy atom. The van der Waals surface area contributed by atoms with Crippen LogP contribution >= 0.6 is 0 Å². The third kappa shape index (κ3) is 6.36. The molecule has 0 saturated carbocycles. The number of esters is 1. The topological polar surface area (TPSA) is 125 Å². The Balaban J connectivity index is 1.77. The number of cyclic esters (lactones) is 1. The number of pyridine rings is 1. The van der Waals surface area contributed by atoms with Crippen LogP contribution in [0.3, 0.4) is 0 Å². The minimum absolute atomic E-state index is 0.0823. The van der Waals surface area contributed by atoms with E-state index in [2.05, 4.69) is 10.3 Å². The molecule has 4 atom stereocenters. The average molecular weight is 475 g/mol. The van der Waals surface area contributed by atoms with Crippen molar-refractivity contribution in [2.75, 3.05) is 26.9 Å². The molecule has 1 aromatic carbocycles. The zero-order valence-corrected chi connectivity index (χ0v) is 19.4. The minimum atomic E-state index is -1.13. The molecule has 184 valence electrons. The maximum atomic E-state index is 12.9. The van der Waals surface area contributed by atoms with Crippen molar-refractivity contribution in [1.82, 2.24) is 10.3 Å². The lowest BCUT2D eigenvalue weighted by Crippen LogP contribution is -2.48. The van der Waals surface area contributed by atoms with Gasteiger partial charge in [-0.25, -0.2) is 9.78 Å². The van der Waals surface area contributed by atoms with E-state index < -0.39 is 42.0 Å². The number of para-hydroxylation sites is 1. The quantitative estimate of drug-likeness (QED) is 0.553. The van der Waals surface area contributed by atoms with Crippen molar-refractivity contribution in [3.05, 3.63) is 48.3 Å². The molecule has 2 heterocycles. The van der Waals surface area contributed by atoms with Gasteiger partial charge in [0.2, 0.25) is 0 Å². The molecule has 2 aromatic rings. The van der Waals surface area contributed by atoms with E-state index in [0.29, 0.717) is 12.4 Å². The summed E-state index contributed by atoms with van der Waals surface area (Å²) in [6, 6.07) is 9.43. The van der Waals surface area contributed by atoms with Crippen LogP contribution in [0.2, 0.25) is 0 Å². The first-order chi connectivity index (χ1) is 16.4. The highest BCUT2D eigenvalue weighted by molar-refractivity contribution is 5.98. The van der Waals surface area contributed by atoms with E-state index in [0.717, 1.165) is 6.42 Å². The van der Waals surface area contributed by atoms with Crippen molar-refractivity contribution in [2.45, 2.75) is 44.6 Å². The van der Waals surface area contributed by atoms with Crippen molar-refractivity contribution in [2.24, 2.45) is 0 Å². The summed E-state index contributed by atoms with van der Waals surface area (Å²) in [6.45, 7) is 4.12. The van der Waals surface area contributed by atoms with Gasteiger partial charge in [0.05, 0.1) is 20.3 Å². The third-order valence-corrected chi connectivity index (χ3v) is 5.16. The van der Waals surface area contributed by atoms with Gasteiger partial charge in [-0.05, 0) is 25.5 Å². The van der Waals surface area contributed by atoms with Crippen LogP contribution in [-0.2, 0) is 19.0 Å². The number of aromatic nitrogens is 1. The van der Waals surface area contributed by atoms with E-state index in [1.165, 1.54) is 19.4 Å². The van der Waals surface area contributed by atoms with E-state index >= 15 is 0 Å². The maximum absolute atomic E-state index is 12.9. The first kappa shape index (κ1) is 25.3. The van der Waals surface area contributed by atoms with Gasteiger partial charge in [0, 0.05) is 18.9 Å². The molecule has 0 spiro atoms. The molecule has 0 aliphatic carbocycles. The molecule has 1 aliphatic heterocycles. The summed E-state index contributed by atoms with van der Waals surface area (Å²) in [5, 5.41) is 12.7. The molecule has 3 rings (SSSR count). The smallest absolute Gasteiger partial charge is 0.331 e. The number of nitrogens with zero attached hydrogens (tertiary/aromatic N) is 1. The van der Waals surface area contributed by atoms with Gasteiger partial charge in [0.15, 0.2) is 29.3 Å². The summed E-state index contributed by atoms with van der Waals surface area (Å²) in [4.78, 5) is 29.5. The summed E-state index contributed by atoms with van der Waals surface area (Å²) < 4.78 is 28.5. The van der Waals surface area contributed by atoms with Gasteiger partial charge in [-0.1, -0.05) is 25.1 Å². The van der Waals surface area contributed by atoms with Gasteiger partial charge in [0.1, 0.15) is 18.0 Å². The summed E-state index contributed by atoms with van der Waals surface area (Å²) in [6.07, 6.45) is 0.240. The number of hydrogen-bond acceptors (Lipinski definition) is 9. The normalized spacial score (nSPS) is 23.1. The maximum Gasteiger partial charge on any atom is 0.331 e. The number of nitrogens with one attached hydrogen (secondary N) is 1. The molecular formula is C24H30N2O8. The lowest BCUT2D eigenvalue weighted by atomic mass is 10.1. The van der Waals surface area contributed by atoms with Crippen LogP contribution in [0.5, 0.6) is 17.2 Å². The van der Waals surface area contributed by atoms with Crippen LogP contribution in [0.15, 0.2) is 42.6 Å². The van der Waals surface area contributed by atoms with Crippen molar-refractivity contribution in [1.29, 1.82) is 0 Å². The van der Waals surface area contributed by atoms with Crippen molar-refractivity contribution < 1.29 is 38.4 Å². The first-order valence-electron chi connectivity index (χ1n) is 11.1. The second kappa shape index (κ2) is 12.2. The Labute approximate surface area is 198 Å². The molecule has 2 N–H and O–H groups in total. The number of methoxy groups -OCH3 is 1. The van der Waals surface area contributed by atoms with Gasteiger partial charge in [-0.15, -0.1) is 0 Å². The Bertz CT molecular complexity index is 955. The van der Waals surface area contributed by atoms with Crippen LogP contribution in [-0.4, -0.2) is 73.3 Å². The van der Waals surface area contributed by atoms with E-state index in [9.17, 15) is 14.7 Å². The van der Waals surface area contributed by atoms with Gasteiger partial charge in [-0.3, -0.25) is 4.79 Å². The molecule has 4 unspecified atom stereocenters. The van der Waals surface area contributed by atoms with Crippen LogP contribution < -0.4 is 14.8 Å². The van der Waals surface area contributed by atoms with E-state index in [1.54, 1.807) is 19.1 Å². The molecule has 34 heavy (non-hydrogen) atoms. The molecule has 0 bridgehead atoms. The fourth-order valence-corrected chi connectivity index (χ4v) is 3.43. The molecule has 0 radical (unpaired) electrons. The lowest BCUT2D eigenvalue weighted by Gasteiger charge is -2.31. The highest BCUT2D eigenvalue weighted by atomic mass is 16.6. The van der Waals surface area contributed by atoms with Crippen molar-refractivity contribution in [3.63, 3.8) is 0 Å². The predicted octanol–water partition coefficient (Wildman–Crippen LogP) is 2.10. The first-order valence-corrected chi connectivity index (χ1v) is 11.1. The lowest BCUT2D eigenvalue weighted by molar-refractivity contribution is -0.158. The highest BCUT2D eigenvalue weighted by Crippen LogP contribution is 2.27. The number of carbonyl (C=O) groups excluding carboxylic acids is 2. The fourth-order valence-electron chi connectivity index (χ4n) is 3.43. The Morgan fingerprint density at radius 3 is 2.71 bits per heavy atom. The van der Waals surface area contributed by atoms with Crippen LogP contribution in [0, 0.1) is 0 Å². The van der Waals surface area contributed by atoms with Gasteiger partial charge in [0.25, 0.3) is 5.91 Å². The Hall–Kier alpha value is -3.37. The van der Waals surface area contributed by atoms with Gasteiger partial charge < -0.3 is 34.1 Å². The SMILES string of the molecule is CCCOC1COCC(NC(=O)c2nccc(OC)c2O)C(=O)OC(C)C1Oc1ccccc1. The second-order valence-corrected chi connectivity index (χ2v) is 7.72. The number of amides is 1. The van der Waals surface area contributed by atoms with Crippen LogP contribution in [0.4, 0.5) is 0 Å². The Kier molecular flexibility index (Phi) is 9.06. The van der Waals surface area contributed by atoms with E-state index in [-0.39, 0.29) is 24.7 Å². The zero-order chi connectivity index (χ0) is 24.5. The average Bonchev–Trinajstić information content (AvgIpc) is 2.88. The largest absolute Gasteiger partial charge is 0.503 e. The van der Waals surface area contributed by atoms with Gasteiger partial charge in [-0.2, -0.15) is 0 Å². The standard InChI is InChI=1S/C24H30N2O8/c1-4-12-32-19-14-31-13-17(26-23(28)20-21(27)18(30-3)10-11-25-20)24(29)33-15(2)22(19)34-16-8-6-5-7-9-16/h5-11,15,17,19,22,27H,4,12-14H2,1-3H3,(H,26,28). The summed E-state index contributed by atoms with van der Waals surface area (Å²) in [5.41, 5.74) is -0.283. The molecular weight excluding hydrogens is 444 g/mol.